The van der Waals surface area contributed by atoms with E-state index in [0.29, 0.717) is 50.4 Å². The monoisotopic (exact) mass is 527 g/mol. The van der Waals surface area contributed by atoms with Crippen molar-refractivity contribution in [3.05, 3.63) is 119 Å². The quantitative estimate of drug-likeness (QED) is 0.298. The number of hydrogen-bond donors (Lipinski definition) is 1. The summed E-state index contributed by atoms with van der Waals surface area (Å²) >= 11 is 0. The van der Waals surface area contributed by atoms with Crippen molar-refractivity contribution in [2.24, 2.45) is 0 Å². The van der Waals surface area contributed by atoms with Crippen LogP contribution >= 0.6 is 0 Å². The lowest BCUT2D eigenvalue weighted by atomic mass is 9.99. The molecule has 0 amide bonds. The summed E-state index contributed by atoms with van der Waals surface area (Å²) in [5.74, 6) is 0.760. The van der Waals surface area contributed by atoms with E-state index in [1.807, 2.05) is 31.2 Å². The Balaban J connectivity index is 1.56. The summed E-state index contributed by atoms with van der Waals surface area (Å²) in [5, 5.41) is 14.7. The molecular formula is C31H22FN7O. The van der Waals surface area contributed by atoms with Crippen LogP contribution in [0.15, 0.2) is 90.2 Å². The van der Waals surface area contributed by atoms with Crippen LogP contribution in [0.25, 0.3) is 38.5 Å². The summed E-state index contributed by atoms with van der Waals surface area (Å²) in [4.78, 5) is 31.6. The van der Waals surface area contributed by atoms with Gasteiger partial charge in [-0.1, -0.05) is 18.2 Å². The lowest BCUT2D eigenvalue weighted by Gasteiger charge is -2.22. The number of anilines is 1. The summed E-state index contributed by atoms with van der Waals surface area (Å²) in [6.45, 7) is 3.72. The molecule has 0 bridgehead atoms. The Morgan fingerprint density at radius 2 is 1.75 bits per heavy atom. The summed E-state index contributed by atoms with van der Waals surface area (Å²) < 4.78 is 15.5. The Morgan fingerprint density at radius 3 is 2.50 bits per heavy atom. The molecule has 6 rings (SSSR count). The molecule has 0 fully saturated rings. The van der Waals surface area contributed by atoms with E-state index in [0.717, 1.165) is 10.9 Å². The number of rotatable bonds is 5. The Labute approximate surface area is 228 Å². The molecule has 6 aromatic rings. The topological polar surface area (TPSA) is 109 Å². The fourth-order valence-electron chi connectivity index (χ4n) is 4.85. The van der Waals surface area contributed by atoms with Crippen LogP contribution in [0.1, 0.15) is 30.0 Å². The first kappa shape index (κ1) is 24.8. The average Bonchev–Trinajstić information content (AvgIpc) is 2.97. The molecule has 1 N–H and O–H groups in total. The number of halogens is 1. The van der Waals surface area contributed by atoms with Gasteiger partial charge in [0.05, 0.1) is 28.6 Å². The van der Waals surface area contributed by atoms with Crippen LogP contribution in [-0.2, 0) is 0 Å². The molecular weight excluding hydrogens is 505 g/mol. The van der Waals surface area contributed by atoms with E-state index in [1.54, 1.807) is 54.2 Å². The van der Waals surface area contributed by atoms with Crippen molar-refractivity contribution in [3.63, 3.8) is 0 Å². The van der Waals surface area contributed by atoms with Gasteiger partial charge in [0, 0.05) is 34.7 Å². The second kappa shape index (κ2) is 10.0. The number of fused-ring (bicyclic) bond motifs is 2. The maximum absolute atomic E-state index is 14.3. The molecule has 0 saturated heterocycles. The van der Waals surface area contributed by atoms with E-state index >= 15 is 0 Å². The number of nitrogens with one attached hydrogen (secondary N) is 1. The second-order valence-corrected chi connectivity index (χ2v) is 9.41. The van der Waals surface area contributed by atoms with Crippen LogP contribution in [0.2, 0.25) is 0 Å². The van der Waals surface area contributed by atoms with E-state index < -0.39 is 11.9 Å². The standard InChI is InChI=1S/C31H22FN7O/c1-18(38-30-26-12-20(14-33)6-11-27(26)36-17-37-30)28-13-21-4-3-5-25(22-15-34-19(2)35-16-22)29(21)31(40)39(28)24-9-7-23(32)8-10-24/h3-13,15-18H,1-2H3,(H,36,37,38). The van der Waals surface area contributed by atoms with Crippen molar-refractivity contribution in [1.29, 1.82) is 5.26 Å². The summed E-state index contributed by atoms with van der Waals surface area (Å²) in [6.07, 6.45) is 4.85. The van der Waals surface area contributed by atoms with Crippen molar-refractivity contribution >= 4 is 27.5 Å². The Kier molecular flexibility index (Phi) is 6.21. The van der Waals surface area contributed by atoms with Gasteiger partial charge >= 0.3 is 0 Å². The molecule has 1 unspecified atom stereocenters. The van der Waals surface area contributed by atoms with Gasteiger partial charge < -0.3 is 5.32 Å². The molecule has 9 heteroatoms. The van der Waals surface area contributed by atoms with Gasteiger partial charge in [-0.2, -0.15) is 5.26 Å². The molecule has 3 heterocycles. The van der Waals surface area contributed by atoms with Gasteiger partial charge in [-0.05, 0) is 73.3 Å². The molecule has 0 aliphatic heterocycles. The summed E-state index contributed by atoms with van der Waals surface area (Å²) in [5.41, 5.74) is 3.50. The minimum Gasteiger partial charge on any atom is -0.361 e. The molecule has 0 aliphatic carbocycles. The Morgan fingerprint density at radius 1 is 0.975 bits per heavy atom. The summed E-state index contributed by atoms with van der Waals surface area (Å²) in [6, 6.07) is 20.3. The minimum absolute atomic E-state index is 0.261. The van der Waals surface area contributed by atoms with E-state index in [1.165, 1.54) is 18.5 Å². The van der Waals surface area contributed by atoms with E-state index in [-0.39, 0.29) is 5.56 Å². The predicted octanol–water partition coefficient (Wildman–Crippen LogP) is 5.88. The number of aromatic nitrogens is 5. The molecule has 0 spiro atoms. The van der Waals surface area contributed by atoms with Crippen molar-refractivity contribution < 1.29 is 4.39 Å². The van der Waals surface area contributed by atoms with Crippen molar-refractivity contribution in [2.75, 3.05) is 5.32 Å². The van der Waals surface area contributed by atoms with Gasteiger partial charge in [-0.3, -0.25) is 9.36 Å². The lowest BCUT2D eigenvalue weighted by molar-refractivity contribution is 0.627. The fraction of sp³-hybridized carbons (Fsp3) is 0.0968. The zero-order valence-electron chi connectivity index (χ0n) is 21.6. The number of nitrogens with zero attached hydrogens (tertiary/aromatic N) is 6. The van der Waals surface area contributed by atoms with Gasteiger partial charge in [0.1, 0.15) is 23.8 Å². The molecule has 0 aliphatic rings. The van der Waals surface area contributed by atoms with Crippen LogP contribution in [0.5, 0.6) is 0 Å². The van der Waals surface area contributed by atoms with Crippen LogP contribution in [-0.4, -0.2) is 24.5 Å². The number of nitriles is 1. The third kappa shape index (κ3) is 4.41. The minimum atomic E-state index is -0.419. The van der Waals surface area contributed by atoms with E-state index in [4.69, 9.17) is 0 Å². The molecule has 40 heavy (non-hydrogen) atoms. The highest BCUT2D eigenvalue weighted by Crippen LogP contribution is 2.31. The molecule has 8 nitrogen and oxygen atoms in total. The molecule has 0 radical (unpaired) electrons. The largest absolute Gasteiger partial charge is 0.361 e. The zero-order chi connectivity index (χ0) is 27.8. The maximum Gasteiger partial charge on any atom is 0.263 e. The smallest absolute Gasteiger partial charge is 0.263 e. The zero-order valence-corrected chi connectivity index (χ0v) is 21.6. The molecule has 3 aromatic heterocycles. The van der Waals surface area contributed by atoms with Crippen LogP contribution in [0.3, 0.4) is 0 Å². The predicted molar refractivity (Wildman–Crippen MR) is 152 cm³/mol. The van der Waals surface area contributed by atoms with Gasteiger partial charge in [-0.15, -0.1) is 0 Å². The molecule has 0 saturated carbocycles. The average molecular weight is 528 g/mol. The van der Waals surface area contributed by atoms with E-state index in [9.17, 15) is 14.4 Å². The number of hydrogen-bond acceptors (Lipinski definition) is 7. The highest BCUT2D eigenvalue weighted by molar-refractivity contribution is 5.96. The molecule has 194 valence electrons. The first-order valence-corrected chi connectivity index (χ1v) is 12.6. The van der Waals surface area contributed by atoms with Crippen molar-refractivity contribution in [2.45, 2.75) is 19.9 Å². The van der Waals surface area contributed by atoms with Crippen LogP contribution in [0.4, 0.5) is 10.2 Å². The first-order valence-electron chi connectivity index (χ1n) is 12.6. The van der Waals surface area contributed by atoms with Gasteiger partial charge in [-0.25, -0.2) is 24.3 Å². The third-order valence-electron chi connectivity index (χ3n) is 6.81. The third-order valence-corrected chi connectivity index (χ3v) is 6.81. The Bertz CT molecular complexity index is 2000. The number of pyridine rings is 1. The van der Waals surface area contributed by atoms with Gasteiger partial charge in [0.15, 0.2) is 0 Å². The second-order valence-electron chi connectivity index (χ2n) is 9.41. The lowest BCUT2D eigenvalue weighted by Crippen LogP contribution is -2.26. The van der Waals surface area contributed by atoms with Crippen molar-refractivity contribution in [1.82, 2.24) is 24.5 Å². The van der Waals surface area contributed by atoms with Crippen LogP contribution < -0.4 is 10.9 Å². The van der Waals surface area contributed by atoms with Gasteiger partial charge in [0.25, 0.3) is 5.56 Å². The van der Waals surface area contributed by atoms with Crippen LogP contribution in [0, 0.1) is 24.1 Å². The van der Waals surface area contributed by atoms with E-state index in [2.05, 4.69) is 31.3 Å². The SMILES string of the molecule is Cc1ncc(-c2cccc3cc(C(C)Nc4ncnc5ccc(C#N)cc45)n(-c4ccc(F)cc4)c(=O)c23)cn1. The highest BCUT2D eigenvalue weighted by atomic mass is 19.1. The van der Waals surface area contributed by atoms with Gasteiger partial charge in [0.2, 0.25) is 0 Å². The molecule has 3 aromatic carbocycles. The first-order chi connectivity index (χ1) is 19.4. The Hall–Kier alpha value is -5.49. The fourth-order valence-corrected chi connectivity index (χ4v) is 4.85. The van der Waals surface area contributed by atoms with Crippen molar-refractivity contribution in [3.8, 4) is 22.9 Å². The normalized spacial score (nSPS) is 11.8. The number of benzene rings is 3. The molecule has 1 atom stereocenters. The summed E-state index contributed by atoms with van der Waals surface area (Å²) in [7, 11) is 0. The highest BCUT2D eigenvalue weighted by Gasteiger charge is 2.20. The maximum atomic E-state index is 14.3. The number of aryl methyl sites for hydroxylation is 1.